The van der Waals surface area contributed by atoms with E-state index in [9.17, 15) is 0 Å². The maximum Gasteiger partial charge on any atom is 0.0676 e. The zero-order valence-corrected chi connectivity index (χ0v) is 7.80. The topological polar surface area (TPSA) is 0 Å². The number of hydrogen-bond acceptors (Lipinski definition) is 1. The average molecular weight is 175 g/mol. The van der Waals surface area contributed by atoms with E-state index in [2.05, 4.69) is 25.3 Å². The molecule has 0 fully saturated rings. The van der Waals surface area contributed by atoms with E-state index in [1.807, 2.05) is 0 Å². The summed E-state index contributed by atoms with van der Waals surface area (Å²) in [7, 11) is 0. The molecule has 0 radical (unpaired) electrons. The molecule has 0 saturated heterocycles. The number of aryl methyl sites for hydroxylation is 1. The van der Waals surface area contributed by atoms with Crippen molar-refractivity contribution in [3.8, 4) is 0 Å². The maximum absolute atomic E-state index is 6.01. The highest BCUT2D eigenvalue weighted by Crippen LogP contribution is 2.28. The molecule has 1 rings (SSSR count). The molecule has 0 spiro atoms. The van der Waals surface area contributed by atoms with Crippen molar-refractivity contribution >= 4 is 22.9 Å². The van der Waals surface area contributed by atoms with Gasteiger partial charge in [-0.15, -0.1) is 22.9 Å². The molecule has 0 aromatic carbocycles. The van der Waals surface area contributed by atoms with Gasteiger partial charge in [-0.2, -0.15) is 0 Å². The van der Waals surface area contributed by atoms with Crippen molar-refractivity contribution in [3.63, 3.8) is 0 Å². The highest BCUT2D eigenvalue weighted by atomic mass is 35.5. The molecule has 1 aromatic rings. The van der Waals surface area contributed by atoms with E-state index in [0.717, 1.165) is 6.42 Å². The largest absolute Gasteiger partial charge is 0.147 e. The molecule has 1 aromatic heterocycles. The van der Waals surface area contributed by atoms with E-state index in [4.69, 9.17) is 11.6 Å². The monoisotopic (exact) mass is 174 g/mol. The van der Waals surface area contributed by atoms with Crippen molar-refractivity contribution in [1.29, 1.82) is 0 Å². The third-order valence-electron chi connectivity index (χ3n) is 1.42. The molecular formula is C8H11ClS. The first kappa shape index (κ1) is 8.09. The Bertz CT molecular complexity index is 205. The minimum absolute atomic E-state index is 0.221. The summed E-state index contributed by atoms with van der Waals surface area (Å²) in [6, 6.07) is 2.16. The lowest BCUT2D eigenvalue weighted by Gasteiger charge is -1.99. The van der Waals surface area contributed by atoms with Crippen LogP contribution in [0.5, 0.6) is 0 Å². The maximum atomic E-state index is 6.01. The number of rotatable bonds is 2. The molecule has 0 saturated carbocycles. The Kier molecular flexibility index (Phi) is 2.75. The molecule has 0 nitrogen and oxygen atoms in total. The molecule has 0 bridgehead atoms. The van der Waals surface area contributed by atoms with Gasteiger partial charge >= 0.3 is 0 Å². The lowest BCUT2D eigenvalue weighted by Crippen LogP contribution is -1.80. The smallest absolute Gasteiger partial charge is 0.0676 e. The Labute approximate surface area is 70.8 Å². The van der Waals surface area contributed by atoms with Crippen LogP contribution in [-0.4, -0.2) is 0 Å². The van der Waals surface area contributed by atoms with Gasteiger partial charge in [0.2, 0.25) is 0 Å². The summed E-state index contributed by atoms with van der Waals surface area (Å²) < 4.78 is 0. The Morgan fingerprint density at radius 2 is 2.40 bits per heavy atom. The zero-order chi connectivity index (χ0) is 7.56. The van der Waals surface area contributed by atoms with Gasteiger partial charge in [-0.1, -0.05) is 6.92 Å². The summed E-state index contributed by atoms with van der Waals surface area (Å²) in [5.74, 6) is 0. The predicted molar refractivity (Wildman–Crippen MR) is 47.9 cm³/mol. The van der Waals surface area contributed by atoms with Gasteiger partial charge in [0.05, 0.1) is 5.38 Å². The Morgan fingerprint density at radius 1 is 1.70 bits per heavy atom. The van der Waals surface area contributed by atoms with E-state index in [1.165, 1.54) is 10.4 Å². The highest BCUT2D eigenvalue weighted by molar-refractivity contribution is 7.10. The van der Waals surface area contributed by atoms with Crippen LogP contribution in [0.4, 0.5) is 0 Å². The van der Waals surface area contributed by atoms with Gasteiger partial charge in [0.15, 0.2) is 0 Å². The first-order valence-corrected chi connectivity index (χ1v) is 4.74. The minimum Gasteiger partial charge on any atom is -0.147 e. The molecule has 1 heterocycles. The lowest BCUT2D eigenvalue weighted by molar-refractivity contribution is 0.901. The lowest BCUT2D eigenvalue weighted by atomic mass is 10.2. The van der Waals surface area contributed by atoms with Crippen molar-refractivity contribution in [2.75, 3.05) is 0 Å². The molecule has 0 N–H and O–H groups in total. The number of halogens is 1. The minimum atomic E-state index is 0.221. The highest BCUT2D eigenvalue weighted by Gasteiger charge is 2.05. The molecule has 1 unspecified atom stereocenters. The second kappa shape index (κ2) is 3.40. The average Bonchev–Trinajstić information content (AvgIpc) is 2.34. The Hall–Kier alpha value is -0.0100. The van der Waals surface area contributed by atoms with E-state index in [-0.39, 0.29) is 5.38 Å². The fourth-order valence-electron chi connectivity index (χ4n) is 0.819. The Morgan fingerprint density at radius 3 is 2.80 bits per heavy atom. The third-order valence-corrected chi connectivity index (χ3v) is 3.26. The van der Waals surface area contributed by atoms with Gasteiger partial charge in [-0.3, -0.25) is 0 Å². The summed E-state index contributed by atoms with van der Waals surface area (Å²) in [6.07, 6.45) is 1.02. The van der Waals surface area contributed by atoms with Crippen LogP contribution in [0.15, 0.2) is 11.4 Å². The van der Waals surface area contributed by atoms with Crippen molar-refractivity contribution in [2.45, 2.75) is 25.6 Å². The summed E-state index contributed by atoms with van der Waals surface area (Å²) in [6.45, 7) is 4.20. The van der Waals surface area contributed by atoms with Crippen molar-refractivity contribution in [2.24, 2.45) is 0 Å². The molecule has 0 amide bonds. The van der Waals surface area contributed by atoms with Crippen LogP contribution in [0, 0.1) is 6.92 Å². The molecule has 10 heavy (non-hydrogen) atoms. The van der Waals surface area contributed by atoms with E-state index in [0.29, 0.717) is 0 Å². The van der Waals surface area contributed by atoms with Crippen molar-refractivity contribution < 1.29 is 0 Å². The van der Waals surface area contributed by atoms with Crippen LogP contribution < -0.4 is 0 Å². The predicted octanol–water partition coefficient (Wildman–Crippen LogP) is 3.75. The van der Waals surface area contributed by atoms with Crippen LogP contribution >= 0.6 is 22.9 Å². The molecule has 1 atom stereocenters. The van der Waals surface area contributed by atoms with Crippen LogP contribution in [0.3, 0.4) is 0 Å². The molecule has 0 aliphatic heterocycles. The van der Waals surface area contributed by atoms with E-state index < -0.39 is 0 Å². The molecule has 0 aliphatic rings. The third kappa shape index (κ3) is 1.74. The number of alkyl halides is 1. The van der Waals surface area contributed by atoms with Gasteiger partial charge in [-0.05, 0) is 30.4 Å². The summed E-state index contributed by atoms with van der Waals surface area (Å²) in [5, 5.41) is 2.36. The van der Waals surface area contributed by atoms with E-state index in [1.54, 1.807) is 11.3 Å². The van der Waals surface area contributed by atoms with Crippen LogP contribution in [0.1, 0.15) is 29.2 Å². The number of thiophene rings is 1. The summed E-state index contributed by atoms with van der Waals surface area (Å²) in [5.41, 5.74) is 1.32. The molecule has 0 aliphatic carbocycles. The zero-order valence-electron chi connectivity index (χ0n) is 6.23. The first-order chi connectivity index (χ1) is 4.74. The fourth-order valence-corrected chi connectivity index (χ4v) is 1.99. The summed E-state index contributed by atoms with van der Waals surface area (Å²) in [4.78, 5) is 1.29. The second-order valence-electron chi connectivity index (χ2n) is 2.40. The molecular weight excluding hydrogens is 164 g/mol. The number of hydrogen-bond donors (Lipinski definition) is 0. The second-order valence-corrected chi connectivity index (χ2v) is 3.87. The van der Waals surface area contributed by atoms with Crippen molar-refractivity contribution in [3.05, 3.63) is 21.9 Å². The van der Waals surface area contributed by atoms with Gasteiger partial charge in [-0.25, -0.2) is 0 Å². The quantitative estimate of drug-likeness (QED) is 0.600. The fraction of sp³-hybridized carbons (Fsp3) is 0.500. The Balaban J connectivity index is 2.74. The molecule has 56 valence electrons. The SMILES string of the molecule is CCC(Cl)c1cc(C)cs1. The first-order valence-electron chi connectivity index (χ1n) is 3.43. The van der Waals surface area contributed by atoms with Crippen LogP contribution in [-0.2, 0) is 0 Å². The normalized spacial score (nSPS) is 13.5. The van der Waals surface area contributed by atoms with Gasteiger partial charge in [0.25, 0.3) is 0 Å². The van der Waals surface area contributed by atoms with Gasteiger partial charge in [0.1, 0.15) is 0 Å². The molecule has 2 heteroatoms. The van der Waals surface area contributed by atoms with Gasteiger partial charge in [0, 0.05) is 4.88 Å². The van der Waals surface area contributed by atoms with Crippen LogP contribution in [0.2, 0.25) is 0 Å². The van der Waals surface area contributed by atoms with Gasteiger partial charge < -0.3 is 0 Å². The van der Waals surface area contributed by atoms with E-state index >= 15 is 0 Å². The van der Waals surface area contributed by atoms with Crippen molar-refractivity contribution in [1.82, 2.24) is 0 Å². The van der Waals surface area contributed by atoms with Crippen LogP contribution in [0.25, 0.3) is 0 Å². The standard InChI is InChI=1S/C8H11ClS/c1-3-7(9)8-4-6(2)5-10-8/h4-5,7H,3H2,1-2H3. The summed E-state index contributed by atoms with van der Waals surface area (Å²) >= 11 is 7.76.